The molecule has 186 valence electrons. The van der Waals surface area contributed by atoms with Gasteiger partial charge in [-0.2, -0.15) is 4.31 Å². The highest BCUT2D eigenvalue weighted by Crippen LogP contribution is 2.39. The first-order chi connectivity index (χ1) is 16.1. The van der Waals surface area contributed by atoms with Crippen molar-refractivity contribution in [2.45, 2.75) is 49.9 Å². The number of halogens is 1. The monoisotopic (exact) mass is 545 g/mol. The fraction of sp³-hybridized carbons (Fsp3) is 0.545. The number of esters is 1. The fourth-order valence-electron chi connectivity index (χ4n) is 4.42. The van der Waals surface area contributed by atoms with Crippen LogP contribution in [0.25, 0.3) is 0 Å². The minimum absolute atomic E-state index is 0.0868. The number of hydrogen-bond acceptors (Lipinski definition) is 8. The molecule has 4 heterocycles. The molecule has 2 aliphatic heterocycles. The molecular formula is C22H28ClN3O5S3. The van der Waals surface area contributed by atoms with Crippen molar-refractivity contribution in [2.24, 2.45) is 5.92 Å². The summed E-state index contributed by atoms with van der Waals surface area (Å²) in [5.41, 5.74) is 1.36. The van der Waals surface area contributed by atoms with E-state index in [-0.39, 0.29) is 16.7 Å². The zero-order chi connectivity index (χ0) is 24.6. The number of nitrogens with one attached hydrogen (secondary N) is 1. The summed E-state index contributed by atoms with van der Waals surface area (Å²) in [7, 11) is -2.38. The number of hydrogen-bond donors (Lipinski definition) is 1. The van der Waals surface area contributed by atoms with E-state index in [9.17, 15) is 18.0 Å². The van der Waals surface area contributed by atoms with Crippen LogP contribution >= 0.6 is 34.3 Å². The molecule has 2 aliphatic rings. The molecule has 12 heteroatoms. The first-order valence-electron chi connectivity index (χ1n) is 11.1. The van der Waals surface area contributed by atoms with Crippen molar-refractivity contribution in [3.05, 3.63) is 32.5 Å². The van der Waals surface area contributed by atoms with E-state index in [0.717, 1.165) is 34.9 Å². The maximum absolute atomic E-state index is 13.2. The van der Waals surface area contributed by atoms with Crippen LogP contribution in [-0.4, -0.2) is 62.3 Å². The third kappa shape index (κ3) is 5.05. The molecule has 0 radical (unpaired) electrons. The molecule has 1 saturated heterocycles. The minimum atomic E-state index is -3.71. The first-order valence-corrected chi connectivity index (χ1v) is 14.6. The van der Waals surface area contributed by atoms with Gasteiger partial charge in [-0.25, -0.2) is 13.2 Å². The molecule has 34 heavy (non-hydrogen) atoms. The van der Waals surface area contributed by atoms with Crippen molar-refractivity contribution >= 4 is 61.2 Å². The normalized spacial score (nSPS) is 19.7. The van der Waals surface area contributed by atoms with Crippen molar-refractivity contribution in [1.82, 2.24) is 9.21 Å². The van der Waals surface area contributed by atoms with Crippen molar-refractivity contribution < 1.29 is 22.7 Å². The molecule has 4 rings (SSSR count). The summed E-state index contributed by atoms with van der Waals surface area (Å²) in [4.78, 5) is 29.2. The Labute approximate surface area is 212 Å². The zero-order valence-corrected chi connectivity index (χ0v) is 22.5. The summed E-state index contributed by atoms with van der Waals surface area (Å²) >= 11 is 8.34. The molecule has 0 saturated carbocycles. The summed E-state index contributed by atoms with van der Waals surface area (Å²) in [5, 5.41) is 3.42. The highest BCUT2D eigenvalue weighted by atomic mass is 35.5. The number of thiophene rings is 2. The smallest absolute Gasteiger partial charge is 0.341 e. The molecule has 1 atom stereocenters. The number of anilines is 1. The van der Waals surface area contributed by atoms with E-state index in [1.807, 2.05) is 0 Å². The molecule has 1 N–H and O–H groups in total. The van der Waals surface area contributed by atoms with Crippen LogP contribution in [0, 0.1) is 5.92 Å². The van der Waals surface area contributed by atoms with E-state index in [2.05, 4.69) is 24.1 Å². The van der Waals surface area contributed by atoms with Gasteiger partial charge >= 0.3 is 5.97 Å². The number of fused-ring (bicyclic) bond motifs is 1. The number of sulfonamides is 1. The summed E-state index contributed by atoms with van der Waals surface area (Å²) in [6.07, 6.45) is 1.86. The fourth-order valence-corrected chi connectivity index (χ4v) is 8.85. The number of ether oxygens (including phenoxy) is 1. The third-order valence-corrected chi connectivity index (χ3v) is 11.0. The maximum Gasteiger partial charge on any atom is 0.341 e. The number of amides is 1. The summed E-state index contributed by atoms with van der Waals surface area (Å²) in [5.74, 6) is -1.27. The van der Waals surface area contributed by atoms with Gasteiger partial charge in [0, 0.05) is 37.1 Å². The standard InChI is InChI=1S/C22H28ClN3O5S3/c1-13(2)25-10-8-15-16(12-25)32-21(19(15)22(28)31-3)24-20(27)14-5-4-9-26(11-14)34(29,30)18-7-6-17(23)33-18/h6-7,13-14H,4-5,8-12H2,1-3H3,(H,24,27). The van der Waals surface area contributed by atoms with Gasteiger partial charge in [-0.3, -0.25) is 9.69 Å². The Kier molecular flexibility index (Phi) is 7.70. The first kappa shape index (κ1) is 25.6. The SMILES string of the molecule is COC(=O)c1c(NC(=O)C2CCCN(S(=O)(=O)c3ccc(Cl)s3)C2)sc2c1CCN(C(C)C)C2. The maximum atomic E-state index is 13.2. The van der Waals surface area contributed by atoms with E-state index in [0.29, 0.717) is 46.7 Å². The Bertz CT molecular complexity index is 1190. The van der Waals surface area contributed by atoms with E-state index in [1.165, 1.54) is 28.8 Å². The van der Waals surface area contributed by atoms with Gasteiger partial charge in [0.2, 0.25) is 5.91 Å². The van der Waals surface area contributed by atoms with Crippen molar-refractivity contribution in [1.29, 1.82) is 0 Å². The van der Waals surface area contributed by atoms with Gasteiger partial charge in [-0.05, 0) is 50.8 Å². The van der Waals surface area contributed by atoms with E-state index in [4.69, 9.17) is 16.3 Å². The number of piperidine rings is 1. The lowest BCUT2D eigenvalue weighted by molar-refractivity contribution is -0.120. The Hall–Kier alpha value is -1.50. The molecule has 1 amide bonds. The summed E-state index contributed by atoms with van der Waals surface area (Å²) in [6.45, 7) is 6.26. The van der Waals surface area contributed by atoms with Crippen LogP contribution in [-0.2, 0) is 32.5 Å². The second-order valence-electron chi connectivity index (χ2n) is 8.76. The molecule has 0 spiro atoms. The van der Waals surface area contributed by atoms with E-state index in [1.54, 1.807) is 6.07 Å². The minimum Gasteiger partial charge on any atom is -0.465 e. The molecule has 0 aliphatic carbocycles. The predicted molar refractivity (Wildman–Crippen MR) is 134 cm³/mol. The lowest BCUT2D eigenvalue weighted by Crippen LogP contribution is -2.43. The molecule has 0 bridgehead atoms. The Morgan fingerprint density at radius 2 is 2.00 bits per heavy atom. The van der Waals surface area contributed by atoms with Crippen molar-refractivity contribution in [3.8, 4) is 0 Å². The van der Waals surface area contributed by atoms with Gasteiger partial charge in [-0.1, -0.05) is 11.6 Å². The summed E-state index contributed by atoms with van der Waals surface area (Å²) in [6, 6.07) is 3.43. The number of methoxy groups -OCH3 is 1. The largest absolute Gasteiger partial charge is 0.465 e. The lowest BCUT2D eigenvalue weighted by Gasteiger charge is -2.30. The number of carbonyl (C=O) groups is 2. The Morgan fingerprint density at radius 3 is 2.65 bits per heavy atom. The highest BCUT2D eigenvalue weighted by molar-refractivity contribution is 7.91. The van der Waals surface area contributed by atoms with Gasteiger partial charge in [0.05, 0.1) is 22.9 Å². The average Bonchev–Trinajstić information content (AvgIpc) is 3.41. The van der Waals surface area contributed by atoms with Gasteiger partial charge in [-0.15, -0.1) is 22.7 Å². The van der Waals surface area contributed by atoms with Crippen LogP contribution in [0.3, 0.4) is 0 Å². The van der Waals surface area contributed by atoms with Gasteiger partial charge in [0.25, 0.3) is 10.0 Å². The topological polar surface area (TPSA) is 96.0 Å². The van der Waals surface area contributed by atoms with Crippen LogP contribution in [0.15, 0.2) is 16.3 Å². The third-order valence-electron chi connectivity index (χ3n) is 6.34. The second-order valence-corrected chi connectivity index (χ2v) is 13.7. The van der Waals surface area contributed by atoms with Crippen LogP contribution in [0.2, 0.25) is 4.34 Å². The van der Waals surface area contributed by atoms with Crippen molar-refractivity contribution in [3.63, 3.8) is 0 Å². The predicted octanol–water partition coefficient (Wildman–Crippen LogP) is 4.06. The molecule has 1 fully saturated rings. The van der Waals surface area contributed by atoms with E-state index >= 15 is 0 Å². The van der Waals surface area contributed by atoms with Gasteiger partial charge in [0.15, 0.2) is 0 Å². The summed E-state index contributed by atoms with van der Waals surface area (Å²) < 4.78 is 33.0. The number of rotatable bonds is 6. The lowest BCUT2D eigenvalue weighted by atomic mass is 9.98. The number of nitrogens with zero attached hydrogens (tertiary/aromatic N) is 2. The quantitative estimate of drug-likeness (QED) is 0.550. The van der Waals surface area contributed by atoms with E-state index < -0.39 is 21.9 Å². The average molecular weight is 546 g/mol. The molecule has 8 nitrogen and oxygen atoms in total. The molecule has 2 aromatic heterocycles. The molecule has 1 unspecified atom stereocenters. The van der Waals surface area contributed by atoms with Crippen LogP contribution in [0.5, 0.6) is 0 Å². The van der Waals surface area contributed by atoms with Crippen LogP contribution < -0.4 is 5.32 Å². The number of carbonyl (C=O) groups excluding carboxylic acids is 2. The Balaban J connectivity index is 1.54. The zero-order valence-electron chi connectivity index (χ0n) is 19.3. The highest BCUT2D eigenvalue weighted by Gasteiger charge is 2.36. The van der Waals surface area contributed by atoms with Crippen LogP contribution in [0.1, 0.15) is 47.5 Å². The molecule has 2 aromatic rings. The van der Waals surface area contributed by atoms with Gasteiger partial charge in [0.1, 0.15) is 9.21 Å². The Morgan fingerprint density at radius 1 is 1.24 bits per heavy atom. The molecular weight excluding hydrogens is 518 g/mol. The van der Waals surface area contributed by atoms with Gasteiger partial charge < -0.3 is 10.1 Å². The van der Waals surface area contributed by atoms with Crippen LogP contribution in [0.4, 0.5) is 5.00 Å². The van der Waals surface area contributed by atoms with Crippen molar-refractivity contribution in [2.75, 3.05) is 32.1 Å². The molecule has 0 aromatic carbocycles. The second kappa shape index (κ2) is 10.2.